The summed E-state index contributed by atoms with van der Waals surface area (Å²) < 4.78 is 4.95. The number of hydrogen-bond donors (Lipinski definition) is 3. The second kappa shape index (κ2) is 6.11. The predicted octanol–water partition coefficient (Wildman–Crippen LogP) is 3.54. The van der Waals surface area contributed by atoms with Gasteiger partial charge in [-0.25, -0.2) is 0 Å². The molecule has 0 saturated heterocycles. The molecule has 0 aliphatic carbocycles. The van der Waals surface area contributed by atoms with E-state index in [0.717, 1.165) is 0 Å². The number of hydrogen-bond acceptors (Lipinski definition) is 4. The summed E-state index contributed by atoms with van der Waals surface area (Å²) in [5.74, 6) is -0.255. The van der Waals surface area contributed by atoms with Gasteiger partial charge in [-0.15, -0.1) is 0 Å². The van der Waals surface area contributed by atoms with Crippen molar-refractivity contribution in [3.05, 3.63) is 45.9 Å². The van der Waals surface area contributed by atoms with Gasteiger partial charge in [0.2, 0.25) is 0 Å². The summed E-state index contributed by atoms with van der Waals surface area (Å²) in [6.07, 6.45) is 0. The molecule has 0 atom stereocenters. The largest absolute Gasteiger partial charge is 0.507 e. The molecule has 0 saturated carbocycles. The third kappa shape index (κ3) is 3.32. The highest BCUT2D eigenvalue weighted by atomic mass is 35.5. The average molecular weight is 327 g/mol. The second-order valence-electron chi connectivity index (χ2n) is 4.19. The van der Waals surface area contributed by atoms with Crippen LogP contribution in [-0.2, 0) is 0 Å². The molecule has 0 aromatic heterocycles. The first-order valence-electron chi connectivity index (χ1n) is 5.85. The van der Waals surface area contributed by atoms with Crippen LogP contribution in [0.15, 0.2) is 30.3 Å². The molecule has 0 heterocycles. The number of carbonyl (C=O) groups is 1. The predicted molar refractivity (Wildman–Crippen MR) is 83.5 cm³/mol. The lowest BCUT2D eigenvalue weighted by atomic mass is 10.1. The second-order valence-corrected chi connectivity index (χ2v) is 5.01. The van der Waals surface area contributed by atoms with Crippen molar-refractivity contribution in [1.29, 1.82) is 0 Å². The maximum absolute atomic E-state index is 12.1. The lowest BCUT2D eigenvalue weighted by molar-refractivity contribution is 0.102. The quantitative estimate of drug-likeness (QED) is 0.753. The Kier molecular flexibility index (Phi) is 4.45. The number of rotatable bonds is 3. The van der Waals surface area contributed by atoms with Crippen LogP contribution in [0.4, 0.5) is 11.4 Å². The van der Waals surface area contributed by atoms with Crippen molar-refractivity contribution in [3.8, 4) is 11.5 Å². The topological polar surface area (TPSA) is 84.6 Å². The van der Waals surface area contributed by atoms with Crippen LogP contribution in [0, 0.1) is 0 Å². The van der Waals surface area contributed by atoms with E-state index in [1.807, 2.05) is 0 Å². The third-order valence-electron chi connectivity index (χ3n) is 2.79. The number of carbonyl (C=O) groups excluding carboxylic acids is 1. The Morgan fingerprint density at radius 3 is 2.38 bits per heavy atom. The highest BCUT2D eigenvalue weighted by molar-refractivity contribution is 6.39. The number of phenolic OH excluding ortho intramolecular Hbond substituents is 1. The molecule has 0 aliphatic heterocycles. The van der Waals surface area contributed by atoms with E-state index < -0.39 is 5.91 Å². The SMILES string of the molecule is COc1ccc(C(=O)Nc2cc(Cl)c(N)c(Cl)c2)c(O)c1. The minimum Gasteiger partial charge on any atom is -0.507 e. The minimum atomic E-state index is -0.507. The van der Waals surface area contributed by atoms with Gasteiger partial charge in [0.1, 0.15) is 11.5 Å². The van der Waals surface area contributed by atoms with Gasteiger partial charge in [-0.05, 0) is 24.3 Å². The monoisotopic (exact) mass is 326 g/mol. The van der Waals surface area contributed by atoms with Gasteiger partial charge in [0.05, 0.1) is 28.4 Å². The average Bonchev–Trinajstić information content (AvgIpc) is 2.44. The summed E-state index contributed by atoms with van der Waals surface area (Å²) >= 11 is 11.8. The first kappa shape index (κ1) is 15.3. The fraction of sp³-hybridized carbons (Fsp3) is 0.0714. The molecule has 2 rings (SSSR count). The van der Waals surface area contributed by atoms with Crippen LogP contribution >= 0.6 is 23.2 Å². The molecule has 2 aromatic carbocycles. The molecule has 21 heavy (non-hydrogen) atoms. The Labute approximate surface area is 131 Å². The molecule has 0 spiro atoms. The van der Waals surface area contributed by atoms with Gasteiger partial charge in [-0.2, -0.15) is 0 Å². The normalized spacial score (nSPS) is 10.2. The number of nitrogens with two attached hydrogens (primary N) is 1. The van der Waals surface area contributed by atoms with Crippen molar-refractivity contribution in [3.63, 3.8) is 0 Å². The van der Waals surface area contributed by atoms with E-state index in [1.54, 1.807) is 6.07 Å². The molecule has 0 fully saturated rings. The van der Waals surface area contributed by atoms with Crippen molar-refractivity contribution < 1.29 is 14.6 Å². The number of amides is 1. The van der Waals surface area contributed by atoms with Gasteiger partial charge < -0.3 is 20.9 Å². The zero-order valence-corrected chi connectivity index (χ0v) is 12.5. The smallest absolute Gasteiger partial charge is 0.259 e. The van der Waals surface area contributed by atoms with Crippen molar-refractivity contribution in [1.82, 2.24) is 0 Å². The Hall–Kier alpha value is -2.11. The fourth-order valence-electron chi connectivity index (χ4n) is 1.69. The number of halogens is 2. The Balaban J connectivity index is 2.26. The summed E-state index contributed by atoms with van der Waals surface area (Å²) in [6, 6.07) is 7.31. The van der Waals surface area contributed by atoms with Crippen LogP contribution in [-0.4, -0.2) is 18.1 Å². The van der Waals surface area contributed by atoms with E-state index in [0.29, 0.717) is 11.4 Å². The van der Waals surface area contributed by atoms with Crippen LogP contribution in [0.2, 0.25) is 10.0 Å². The van der Waals surface area contributed by atoms with E-state index >= 15 is 0 Å². The number of nitrogens with one attached hydrogen (secondary N) is 1. The molecule has 7 heteroatoms. The van der Waals surface area contributed by atoms with Gasteiger partial charge in [-0.3, -0.25) is 4.79 Å². The molecule has 0 unspecified atom stereocenters. The first-order chi connectivity index (χ1) is 9.92. The standard InChI is InChI=1S/C14H12Cl2N2O3/c1-21-8-2-3-9(12(19)6-8)14(20)18-7-4-10(15)13(17)11(16)5-7/h2-6,19H,17H2,1H3,(H,18,20). The lowest BCUT2D eigenvalue weighted by Gasteiger charge is -2.10. The maximum atomic E-state index is 12.1. The number of aromatic hydroxyl groups is 1. The lowest BCUT2D eigenvalue weighted by Crippen LogP contribution is -2.12. The summed E-state index contributed by atoms with van der Waals surface area (Å²) in [7, 11) is 1.47. The molecule has 0 aliphatic rings. The van der Waals surface area contributed by atoms with Gasteiger partial charge in [0, 0.05) is 11.8 Å². The van der Waals surface area contributed by atoms with Crippen molar-refractivity contribution in [2.45, 2.75) is 0 Å². The van der Waals surface area contributed by atoms with E-state index in [1.165, 1.54) is 31.4 Å². The van der Waals surface area contributed by atoms with Gasteiger partial charge >= 0.3 is 0 Å². The molecule has 2 aromatic rings. The maximum Gasteiger partial charge on any atom is 0.259 e. The Morgan fingerprint density at radius 2 is 1.86 bits per heavy atom. The molecule has 5 nitrogen and oxygen atoms in total. The minimum absolute atomic E-state index is 0.0971. The summed E-state index contributed by atoms with van der Waals surface area (Å²) in [6.45, 7) is 0. The molecule has 0 bridgehead atoms. The van der Waals surface area contributed by atoms with E-state index in [4.69, 9.17) is 33.7 Å². The van der Waals surface area contributed by atoms with Gasteiger partial charge in [0.15, 0.2) is 0 Å². The van der Waals surface area contributed by atoms with E-state index in [9.17, 15) is 9.90 Å². The van der Waals surface area contributed by atoms with Crippen LogP contribution in [0.25, 0.3) is 0 Å². The number of methoxy groups -OCH3 is 1. The zero-order chi connectivity index (χ0) is 15.6. The zero-order valence-electron chi connectivity index (χ0n) is 11.0. The van der Waals surface area contributed by atoms with Crippen LogP contribution in [0.3, 0.4) is 0 Å². The van der Waals surface area contributed by atoms with Crippen LogP contribution in [0.5, 0.6) is 11.5 Å². The van der Waals surface area contributed by atoms with E-state index in [2.05, 4.69) is 5.32 Å². The fourth-order valence-corrected chi connectivity index (χ4v) is 2.17. The number of nitrogen functional groups attached to an aromatic ring is 1. The number of ether oxygens (including phenoxy) is 1. The Bertz CT molecular complexity index is 682. The first-order valence-corrected chi connectivity index (χ1v) is 6.61. The van der Waals surface area contributed by atoms with Crippen molar-refractivity contribution >= 4 is 40.5 Å². The highest BCUT2D eigenvalue weighted by Crippen LogP contribution is 2.32. The number of phenols is 1. The summed E-state index contributed by atoms with van der Waals surface area (Å²) in [5, 5.41) is 12.9. The number of anilines is 2. The van der Waals surface area contributed by atoms with Gasteiger partial charge in [0.25, 0.3) is 5.91 Å². The molecule has 4 N–H and O–H groups in total. The molecular weight excluding hydrogens is 315 g/mol. The highest BCUT2D eigenvalue weighted by Gasteiger charge is 2.13. The summed E-state index contributed by atoms with van der Waals surface area (Å²) in [4.78, 5) is 12.1. The van der Waals surface area contributed by atoms with Crippen LogP contribution in [0.1, 0.15) is 10.4 Å². The molecule has 110 valence electrons. The van der Waals surface area contributed by atoms with Gasteiger partial charge in [-0.1, -0.05) is 23.2 Å². The van der Waals surface area contributed by atoms with Crippen LogP contribution < -0.4 is 15.8 Å². The molecule has 0 radical (unpaired) electrons. The third-order valence-corrected chi connectivity index (χ3v) is 3.41. The number of benzene rings is 2. The molecular formula is C14H12Cl2N2O3. The Morgan fingerprint density at radius 1 is 1.24 bits per heavy atom. The van der Waals surface area contributed by atoms with Crippen molar-refractivity contribution in [2.75, 3.05) is 18.2 Å². The van der Waals surface area contributed by atoms with E-state index in [-0.39, 0.29) is 27.0 Å². The summed E-state index contributed by atoms with van der Waals surface area (Å²) in [5.41, 5.74) is 6.33. The molecule has 1 amide bonds. The van der Waals surface area contributed by atoms with Crippen molar-refractivity contribution in [2.24, 2.45) is 0 Å².